The van der Waals surface area contributed by atoms with Crippen molar-refractivity contribution in [2.24, 2.45) is 0 Å². The van der Waals surface area contributed by atoms with Crippen LogP contribution in [-0.2, 0) is 0 Å². The van der Waals surface area contributed by atoms with Gasteiger partial charge >= 0.3 is 0 Å². The summed E-state index contributed by atoms with van der Waals surface area (Å²) in [7, 11) is 0. The van der Waals surface area contributed by atoms with Crippen molar-refractivity contribution in [2.75, 3.05) is 4.90 Å². The minimum atomic E-state index is 0.782. The zero-order valence-electron chi connectivity index (χ0n) is 20.4. The maximum atomic E-state index is 3.63. The number of fused-ring (bicyclic) bond motifs is 5. The second-order valence-corrected chi connectivity index (χ2v) is 12.1. The third kappa shape index (κ3) is 4.07. The molecule has 2 aliphatic carbocycles. The summed E-state index contributed by atoms with van der Waals surface area (Å²) in [5.74, 6) is 1.59. The van der Waals surface area contributed by atoms with E-state index in [1.807, 2.05) is 0 Å². The van der Waals surface area contributed by atoms with Gasteiger partial charge in [0, 0.05) is 26.0 Å². The molecule has 6 rings (SSSR count). The van der Waals surface area contributed by atoms with Crippen LogP contribution >= 0.6 is 31.9 Å². The SMILES string of the molecule is Cc1cc(Br)ccc1N(c1ccc(-c2cc(C)c3c(c2)C2CCC3C2)cc1)c1ccc(Br)cc1C. The van der Waals surface area contributed by atoms with E-state index in [4.69, 9.17) is 0 Å². The maximum absolute atomic E-state index is 3.63. The van der Waals surface area contributed by atoms with Gasteiger partial charge in [-0.2, -0.15) is 0 Å². The summed E-state index contributed by atoms with van der Waals surface area (Å²) in [6.07, 6.45) is 4.12. The van der Waals surface area contributed by atoms with Crippen LogP contribution in [0.15, 0.2) is 81.7 Å². The highest BCUT2D eigenvalue weighted by Gasteiger charge is 2.37. The molecule has 2 atom stereocenters. The fraction of sp³-hybridized carbons (Fsp3) is 0.250. The van der Waals surface area contributed by atoms with Gasteiger partial charge in [-0.3, -0.25) is 0 Å². The number of rotatable bonds is 4. The predicted octanol–water partition coefficient (Wildman–Crippen LogP) is 10.6. The van der Waals surface area contributed by atoms with Crippen molar-refractivity contribution in [3.05, 3.63) is 110 Å². The number of anilines is 3. The zero-order valence-corrected chi connectivity index (χ0v) is 23.6. The van der Waals surface area contributed by atoms with E-state index in [1.165, 1.54) is 64.1 Å². The summed E-state index contributed by atoms with van der Waals surface area (Å²) in [5, 5.41) is 0. The van der Waals surface area contributed by atoms with Crippen LogP contribution in [0.2, 0.25) is 0 Å². The zero-order chi connectivity index (χ0) is 24.3. The molecule has 0 saturated heterocycles. The molecule has 35 heavy (non-hydrogen) atoms. The Balaban J connectivity index is 1.42. The van der Waals surface area contributed by atoms with Crippen molar-refractivity contribution in [1.82, 2.24) is 0 Å². The Labute approximate surface area is 225 Å². The first-order valence-corrected chi connectivity index (χ1v) is 14.0. The minimum absolute atomic E-state index is 0.782. The lowest BCUT2D eigenvalue weighted by molar-refractivity contribution is 0.714. The van der Waals surface area contributed by atoms with E-state index in [9.17, 15) is 0 Å². The van der Waals surface area contributed by atoms with Gasteiger partial charge in [-0.05, 0) is 139 Å². The minimum Gasteiger partial charge on any atom is -0.310 e. The highest BCUT2D eigenvalue weighted by molar-refractivity contribution is 9.10. The summed E-state index contributed by atoms with van der Waals surface area (Å²) < 4.78 is 2.20. The van der Waals surface area contributed by atoms with Crippen LogP contribution in [-0.4, -0.2) is 0 Å². The number of hydrogen-bond acceptors (Lipinski definition) is 1. The highest BCUT2D eigenvalue weighted by Crippen LogP contribution is 2.55. The number of hydrogen-bond donors (Lipinski definition) is 0. The molecule has 2 bridgehead atoms. The lowest BCUT2D eigenvalue weighted by Crippen LogP contribution is -2.12. The molecule has 0 heterocycles. The molecule has 4 aromatic carbocycles. The summed E-state index contributed by atoms with van der Waals surface area (Å²) in [6, 6.07) is 27.0. The van der Waals surface area contributed by atoms with Crippen LogP contribution in [0.5, 0.6) is 0 Å². The molecule has 1 fully saturated rings. The van der Waals surface area contributed by atoms with Gasteiger partial charge in [0.15, 0.2) is 0 Å². The lowest BCUT2D eigenvalue weighted by atomic mass is 9.86. The van der Waals surface area contributed by atoms with E-state index < -0.39 is 0 Å². The third-order valence-corrected chi connectivity index (χ3v) is 8.94. The second kappa shape index (κ2) is 8.94. The molecular formula is C32H29Br2N. The molecule has 0 amide bonds. The van der Waals surface area contributed by atoms with Gasteiger partial charge in [0.25, 0.3) is 0 Å². The molecule has 0 aromatic heterocycles. The Hall–Kier alpha value is -2.36. The highest BCUT2D eigenvalue weighted by atomic mass is 79.9. The van der Waals surface area contributed by atoms with Crippen molar-refractivity contribution in [3.8, 4) is 11.1 Å². The van der Waals surface area contributed by atoms with Crippen molar-refractivity contribution in [1.29, 1.82) is 0 Å². The molecule has 1 nitrogen and oxygen atoms in total. The van der Waals surface area contributed by atoms with Gasteiger partial charge < -0.3 is 4.90 Å². The molecule has 2 aliphatic rings. The summed E-state index contributed by atoms with van der Waals surface area (Å²) in [5.41, 5.74) is 13.4. The quantitative estimate of drug-likeness (QED) is 0.230. The first kappa shape index (κ1) is 23.1. The monoisotopic (exact) mass is 585 g/mol. The smallest absolute Gasteiger partial charge is 0.0491 e. The number of aryl methyl sites for hydroxylation is 3. The third-order valence-electron chi connectivity index (χ3n) is 7.96. The molecule has 176 valence electrons. The molecule has 0 N–H and O–H groups in total. The summed E-state index contributed by atoms with van der Waals surface area (Å²) >= 11 is 7.26. The molecule has 4 aromatic rings. The van der Waals surface area contributed by atoms with Crippen molar-refractivity contribution in [3.63, 3.8) is 0 Å². The largest absolute Gasteiger partial charge is 0.310 e. The first-order chi connectivity index (χ1) is 16.9. The van der Waals surface area contributed by atoms with E-state index in [1.54, 1.807) is 11.1 Å². The summed E-state index contributed by atoms with van der Waals surface area (Å²) in [4.78, 5) is 2.38. The molecular weight excluding hydrogens is 558 g/mol. The van der Waals surface area contributed by atoms with Crippen LogP contribution < -0.4 is 4.90 Å². The maximum Gasteiger partial charge on any atom is 0.0491 e. The van der Waals surface area contributed by atoms with Crippen molar-refractivity contribution >= 4 is 48.9 Å². The van der Waals surface area contributed by atoms with Crippen LogP contribution in [0.1, 0.15) is 58.9 Å². The standard InChI is InChI=1S/C32H29Br2N/c1-19-15-26(33)8-12-30(19)35(31-13-9-27(34)16-20(31)2)28-10-6-22(7-11-28)25-14-21(3)32-24-5-4-23(17-24)29(32)18-25/h6-16,18,23-24H,4-5,17H2,1-3H3. The van der Waals surface area contributed by atoms with Gasteiger partial charge in [0.2, 0.25) is 0 Å². The Bertz CT molecular complexity index is 1390. The molecule has 0 radical (unpaired) electrons. The van der Waals surface area contributed by atoms with Gasteiger partial charge in [-0.25, -0.2) is 0 Å². The molecule has 0 aliphatic heterocycles. The number of nitrogens with zero attached hydrogens (tertiary/aromatic N) is 1. The number of benzene rings is 4. The van der Waals surface area contributed by atoms with Crippen molar-refractivity contribution in [2.45, 2.75) is 51.9 Å². The normalized spacial score (nSPS) is 18.1. The first-order valence-electron chi connectivity index (χ1n) is 12.5. The van der Waals surface area contributed by atoms with Crippen LogP contribution in [0, 0.1) is 20.8 Å². The molecule has 3 heteroatoms. The van der Waals surface area contributed by atoms with Crippen LogP contribution in [0.4, 0.5) is 17.1 Å². The lowest BCUT2D eigenvalue weighted by Gasteiger charge is -2.29. The topological polar surface area (TPSA) is 3.24 Å². The van der Waals surface area contributed by atoms with Crippen LogP contribution in [0.25, 0.3) is 11.1 Å². The van der Waals surface area contributed by atoms with Gasteiger partial charge in [0.05, 0.1) is 0 Å². The van der Waals surface area contributed by atoms with Crippen molar-refractivity contribution < 1.29 is 0 Å². The summed E-state index contributed by atoms with van der Waals surface area (Å²) in [6.45, 7) is 6.67. The van der Waals surface area contributed by atoms with E-state index >= 15 is 0 Å². The molecule has 0 spiro atoms. The molecule has 2 unspecified atom stereocenters. The Morgan fingerprint density at radius 2 is 1.23 bits per heavy atom. The van der Waals surface area contributed by atoms with E-state index in [0.29, 0.717) is 0 Å². The Kier molecular flexibility index (Phi) is 5.89. The van der Waals surface area contributed by atoms with Gasteiger partial charge in [0.1, 0.15) is 0 Å². The fourth-order valence-electron chi connectivity index (χ4n) is 6.36. The van der Waals surface area contributed by atoms with Crippen LogP contribution in [0.3, 0.4) is 0 Å². The second-order valence-electron chi connectivity index (χ2n) is 10.2. The Morgan fingerprint density at radius 3 is 1.83 bits per heavy atom. The van der Waals surface area contributed by atoms with E-state index in [-0.39, 0.29) is 0 Å². The van der Waals surface area contributed by atoms with E-state index in [2.05, 4.69) is 130 Å². The average molecular weight is 587 g/mol. The van der Waals surface area contributed by atoms with E-state index in [0.717, 1.165) is 20.8 Å². The predicted molar refractivity (Wildman–Crippen MR) is 156 cm³/mol. The Morgan fingerprint density at radius 1 is 0.629 bits per heavy atom. The fourth-order valence-corrected chi connectivity index (χ4v) is 7.32. The van der Waals surface area contributed by atoms with Gasteiger partial charge in [-0.15, -0.1) is 0 Å². The number of halogens is 2. The van der Waals surface area contributed by atoms with Gasteiger partial charge in [-0.1, -0.05) is 56.1 Å². The average Bonchev–Trinajstić information content (AvgIpc) is 3.45. The molecule has 1 saturated carbocycles.